The number of methoxy groups -OCH3 is 4. The van der Waals surface area contributed by atoms with E-state index in [0.717, 1.165) is 0 Å². The fourth-order valence-corrected chi connectivity index (χ4v) is 3.75. The van der Waals surface area contributed by atoms with Crippen molar-refractivity contribution in [3.8, 4) is 29.1 Å². The van der Waals surface area contributed by atoms with Crippen LogP contribution in [-0.4, -0.2) is 39.6 Å². The van der Waals surface area contributed by atoms with E-state index in [4.69, 9.17) is 29.4 Å². The molecule has 0 saturated heterocycles. The number of nitrogens with two attached hydrogens (primary N) is 1. The van der Waals surface area contributed by atoms with Crippen LogP contribution in [0.25, 0.3) is 0 Å². The minimum atomic E-state index is -0.774. The molecule has 3 rings (SSSR count). The van der Waals surface area contributed by atoms with Crippen molar-refractivity contribution in [1.29, 1.82) is 5.26 Å². The molecule has 164 valence electrons. The molecule has 0 unspecified atom stereocenters. The lowest BCUT2D eigenvalue weighted by Gasteiger charge is -2.28. The Morgan fingerprint density at radius 2 is 1.77 bits per heavy atom. The lowest BCUT2D eigenvalue weighted by Crippen LogP contribution is -2.33. The number of hydrogen-bond donors (Lipinski definition) is 1. The number of pyridine rings is 1. The summed E-state index contributed by atoms with van der Waals surface area (Å²) in [6.45, 7) is 2.52. The Morgan fingerprint density at radius 3 is 2.29 bits per heavy atom. The van der Waals surface area contributed by atoms with Crippen molar-refractivity contribution in [2.75, 3.05) is 35.0 Å². The van der Waals surface area contributed by atoms with Crippen LogP contribution in [0.5, 0.6) is 23.0 Å². The molecular weight excluding hydrogens is 402 g/mol. The third-order valence-electron chi connectivity index (χ3n) is 5.23. The molecule has 1 aliphatic rings. The van der Waals surface area contributed by atoms with Gasteiger partial charge >= 0.3 is 0 Å². The number of aryl methyl sites for hydroxylation is 1. The molecule has 9 nitrogen and oxygen atoms in total. The number of rotatable bonds is 7. The van der Waals surface area contributed by atoms with Gasteiger partial charge < -0.3 is 34.0 Å². The van der Waals surface area contributed by atoms with Crippen molar-refractivity contribution in [2.45, 2.75) is 19.4 Å². The minimum Gasteiger partial charge on any atom is -0.493 e. The summed E-state index contributed by atoms with van der Waals surface area (Å²) in [5, 5.41) is 9.84. The lowest BCUT2D eigenvalue weighted by molar-refractivity contribution is 0.185. The number of benzene rings is 1. The second-order valence-corrected chi connectivity index (χ2v) is 6.90. The van der Waals surface area contributed by atoms with E-state index in [0.29, 0.717) is 53.0 Å². The number of aromatic nitrogens is 1. The van der Waals surface area contributed by atoms with Crippen molar-refractivity contribution < 1.29 is 23.7 Å². The van der Waals surface area contributed by atoms with Crippen LogP contribution in [-0.2, 0) is 11.3 Å². The van der Waals surface area contributed by atoms with Gasteiger partial charge in [0, 0.05) is 25.4 Å². The molecule has 0 saturated carbocycles. The average molecular weight is 427 g/mol. The summed E-state index contributed by atoms with van der Waals surface area (Å²) in [5.41, 5.74) is 7.49. The van der Waals surface area contributed by atoms with E-state index in [9.17, 15) is 10.1 Å². The van der Waals surface area contributed by atoms with Crippen LogP contribution in [0.2, 0.25) is 0 Å². The first-order chi connectivity index (χ1) is 14.9. The molecule has 31 heavy (non-hydrogen) atoms. The van der Waals surface area contributed by atoms with Gasteiger partial charge in [-0.05, 0) is 24.6 Å². The Bertz CT molecular complexity index is 1100. The van der Waals surface area contributed by atoms with Crippen molar-refractivity contribution in [1.82, 2.24) is 4.57 Å². The van der Waals surface area contributed by atoms with E-state index < -0.39 is 5.92 Å². The molecule has 2 heterocycles. The van der Waals surface area contributed by atoms with E-state index >= 15 is 0 Å². The maximum absolute atomic E-state index is 13.5. The van der Waals surface area contributed by atoms with Gasteiger partial charge in [-0.1, -0.05) is 0 Å². The van der Waals surface area contributed by atoms with Crippen molar-refractivity contribution in [3.05, 3.63) is 56.8 Å². The molecule has 2 aromatic rings. The fraction of sp³-hybridized carbons (Fsp3) is 0.364. The predicted octanol–water partition coefficient (Wildman–Crippen LogP) is 2.05. The Morgan fingerprint density at radius 1 is 1.13 bits per heavy atom. The van der Waals surface area contributed by atoms with Gasteiger partial charge in [0.25, 0.3) is 5.56 Å². The molecule has 0 amide bonds. The number of allylic oxidation sites excluding steroid dienone is 1. The number of fused-ring (bicyclic) bond motifs is 1. The van der Waals surface area contributed by atoms with Gasteiger partial charge in [0.1, 0.15) is 17.4 Å². The van der Waals surface area contributed by atoms with Gasteiger partial charge in [-0.15, -0.1) is 0 Å². The monoisotopic (exact) mass is 427 g/mol. The summed E-state index contributed by atoms with van der Waals surface area (Å²) in [6.07, 6.45) is 0. The van der Waals surface area contributed by atoms with Gasteiger partial charge in [0.2, 0.25) is 11.6 Å². The summed E-state index contributed by atoms with van der Waals surface area (Å²) < 4.78 is 28.7. The van der Waals surface area contributed by atoms with E-state index in [1.807, 2.05) is 0 Å². The van der Waals surface area contributed by atoms with Gasteiger partial charge in [-0.2, -0.15) is 5.26 Å². The second kappa shape index (κ2) is 9.02. The summed E-state index contributed by atoms with van der Waals surface area (Å²) >= 11 is 0. The van der Waals surface area contributed by atoms with Crippen LogP contribution in [0.1, 0.15) is 22.7 Å². The molecule has 0 bridgehead atoms. The largest absolute Gasteiger partial charge is 0.493 e. The summed E-state index contributed by atoms with van der Waals surface area (Å²) in [6, 6.07) is 7.23. The summed E-state index contributed by atoms with van der Waals surface area (Å²) in [7, 11) is 6.06. The molecule has 0 spiro atoms. The second-order valence-electron chi connectivity index (χ2n) is 6.90. The van der Waals surface area contributed by atoms with E-state index in [1.54, 1.807) is 36.8 Å². The Kier molecular flexibility index (Phi) is 6.42. The van der Waals surface area contributed by atoms with Crippen molar-refractivity contribution in [2.24, 2.45) is 5.73 Å². The van der Waals surface area contributed by atoms with E-state index in [-0.39, 0.29) is 17.0 Å². The maximum atomic E-state index is 13.5. The lowest BCUT2D eigenvalue weighted by atomic mass is 9.83. The standard InChI is InChI=1S/C22H25N3O6/c1-12-8-15-19(22(26)25(12)6-7-27-2)18(14(11-23)21(24)31-15)13-9-16(28-3)20(30-5)17(10-13)29-4/h8-10,18H,6-7,24H2,1-5H3/t18-/m1/s1. The smallest absolute Gasteiger partial charge is 0.258 e. The topological polar surface area (TPSA) is 118 Å². The quantitative estimate of drug-likeness (QED) is 0.713. The molecule has 0 fully saturated rings. The number of nitrogens with zero attached hydrogens (tertiary/aromatic N) is 2. The van der Waals surface area contributed by atoms with Gasteiger partial charge in [0.15, 0.2) is 11.5 Å². The molecule has 1 aromatic heterocycles. The van der Waals surface area contributed by atoms with E-state index in [1.165, 1.54) is 21.3 Å². The highest BCUT2D eigenvalue weighted by atomic mass is 16.5. The first-order valence-corrected chi connectivity index (χ1v) is 9.52. The van der Waals surface area contributed by atoms with Gasteiger partial charge in [-0.3, -0.25) is 4.79 Å². The highest BCUT2D eigenvalue weighted by Gasteiger charge is 2.35. The Labute approximate surface area is 180 Å². The van der Waals surface area contributed by atoms with Crippen LogP contribution in [0, 0.1) is 18.3 Å². The van der Waals surface area contributed by atoms with Crippen molar-refractivity contribution >= 4 is 0 Å². The molecule has 0 radical (unpaired) electrons. The van der Waals surface area contributed by atoms with E-state index in [2.05, 4.69) is 6.07 Å². The highest BCUT2D eigenvalue weighted by Crippen LogP contribution is 2.46. The van der Waals surface area contributed by atoms with Crippen LogP contribution in [0.3, 0.4) is 0 Å². The zero-order chi connectivity index (χ0) is 22.7. The zero-order valence-electron chi connectivity index (χ0n) is 18.1. The minimum absolute atomic E-state index is 0.0535. The van der Waals surface area contributed by atoms with Crippen LogP contribution in [0.15, 0.2) is 34.4 Å². The number of hydrogen-bond acceptors (Lipinski definition) is 8. The number of nitriles is 1. The van der Waals surface area contributed by atoms with Crippen molar-refractivity contribution in [3.63, 3.8) is 0 Å². The third kappa shape index (κ3) is 3.78. The Hall–Kier alpha value is -3.64. The molecule has 1 aromatic carbocycles. The summed E-state index contributed by atoms with van der Waals surface area (Å²) in [4.78, 5) is 13.5. The maximum Gasteiger partial charge on any atom is 0.258 e. The molecular formula is C22H25N3O6. The third-order valence-corrected chi connectivity index (χ3v) is 5.23. The molecule has 1 aliphatic heterocycles. The summed E-state index contributed by atoms with van der Waals surface area (Å²) in [5.74, 6) is 0.677. The first-order valence-electron chi connectivity index (χ1n) is 9.52. The molecule has 2 N–H and O–H groups in total. The van der Waals surface area contributed by atoms with Gasteiger partial charge in [-0.25, -0.2) is 0 Å². The fourth-order valence-electron chi connectivity index (χ4n) is 3.75. The molecule has 0 aliphatic carbocycles. The van der Waals surface area contributed by atoms with Crippen LogP contribution < -0.4 is 30.2 Å². The average Bonchev–Trinajstić information content (AvgIpc) is 2.76. The normalized spacial score (nSPS) is 15.0. The van der Waals surface area contributed by atoms with Gasteiger partial charge in [0.05, 0.1) is 39.4 Å². The molecule has 9 heteroatoms. The van der Waals surface area contributed by atoms with Crippen LogP contribution >= 0.6 is 0 Å². The zero-order valence-corrected chi connectivity index (χ0v) is 18.1. The predicted molar refractivity (Wildman–Crippen MR) is 113 cm³/mol. The SMILES string of the molecule is COCCn1c(C)cc2c(c1=O)[C@H](c1cc(OC)c(OC)c(OC)c1)C(C#N)=C(N)O2. The first kappa shape index (κ1) is 22.1. The molecule has 1 atom stereocenters. The Balaban J connectivity index is 2.33. The number of ether oxygens (including phenoxy) is 5. The highest BCUT2D eigenvalue weighted by molar-refractivity contribution is 5.61. The van der Waals surface area contributed by atoms with Crippen LogP contribution in [0.4, 0.5) is 0 Å².